The molecule has 1 heterocycles. The Morgan fingerprint density at radius 3 is 2.79 bits per heavy atom. The molecule has 1 aliphatic heterocycles. The number of carbonyl (C=O) groups excluding carboxylic acids is 2. The second-order valence-corrected chi connectivity index (χ2v) is 4.48. The predicted octanol–water partition coefficient (Wildman–Crippen LogP) is 0.451. The summed E-state index contributed by atoms with van der Waals surface area (Å²) in [6, 6.07) is 8.63. The van der Waals surface area contributed by atoms with Crippen LogP contribution >= 0.6 is 0 Å². The Morgan fingerprint density at radius 2 is 2.16 bits per heavy atom. The average Bonchev–Trinajstić information content (AvgIpc) is 2.81. The third-order valence-corrected chi connectivity index (χ3v) is 3.04. The van der Waals surface area contributed by atoms with Crippen molar-refractivity contribution in [2.24, 2.45) is 11.0 Å². The van der Waals surface area contributed by atoms with E-state index in [1.54, 1.807) is 0 Å². The third-order valence-electron chi connectivity index (χ3n) is 3.04. The zero-order valence-corrected chi connectivity index (χ0v) is 10.7. The van der Waals surface area contributed by atoms with Crippen LogP contribution in [0.25, 0.3) is 0 Å². The summed E-state index contributed by atoms with van der Waals surface area (Å²) in [4.78, 5) is 27.8. The van der Waals surface area contributed by atoms with Crippen LogP contribution in [0.5, 0.6) is 0 Å². The van der Waals surface area contributed by atoms with E-state index in [0.29, 0.717) is 6.42 Å². The first-order chi connectivity index (χ1) is 9.13. The molecule has 2 unspecified atom stereocenters. The summed E-state index contributed by atoms with van der Waals surface area (Å²) in [5, 5.41) is 3.67. The summed E-state index contributed by atoms with van der Waals surface area (Å²) < 4.78 is 1.39. The van der Waals surface area contributed by atoms with Gasteiger partial charge in [-0.05, 0) is 5.56 Å². The molecule has 1 aliphatic rings. The van der Waals surface area contributed by atoms with Crippen LogP contribution in [-0.4, -0.2) is 35.1 Å². The van der Waals surface area contributed by atoms with Crippen molar-refractivity contribution in [1.29, 1.82) is 0 Å². The molecule has 0 radical (unpaired) electrons. The predicted molar refractivity (Wildman–Crippen MR) is 66.2 cm³/mol. The fourth-order valence-electron chi connectivity index (χ4n) is 2.07. The van der Waals surface area contributed by atoms with Gasteiger partial charge in [-0.2, -0.15) is 0 Å². The van der Waals surface area contributed by atoms with Gasteiger partial charge in [-0.25, -0.2) is 4.79 Å². The normalized spacial score (nSPS) is 19.8. The Balaban J connectivity index is 2.12. The van der Waals surface area contributed by atoms with Gasteiger partial charge in [-0.15, -0.1) is 0 Å². The van der Waals surface area contributed by atoms with Crippen molar-refractivity contribution in [3.63, 3.8) is 0 Å². The lowest BCUT2D eigenvalue weighted by Crippen LogP contribution is -2.43. The Kier molecular flexibility index (Phi) is 4.01. The lowest BCUT2D eigenvalue weighted by Gasteiger charge is -2.08. The van der Waals surface area contributed by atoms with Crippen molar-refractivity contribution >= 4 is 11.8 Å². The maximum Gasteiger partial charge on any atom is 0.418 e. The minimum Gasteiger partial charge on any atom is -0.324 e. The average molecular weight is 262 g/mol. The second kappa shape index (κ2) is 5.71. The Bertz CT molecular complexity index is 513. The van der Waals surface area contributed by atoms with Gasteiger partial charge in [0, 0.05) is 13.3 Å². The van der Waals surface area contributed by atoms with Crippen molar-refractivity contribution in [3.8, 4) is 0 Å². The Hall–Kier alpha value is -2.08. The van der Waals surface area contributed by atoms with Crippen molar-refractivity contribution < 1.29 is 19.1 Å². The van der Waals surface area contributed by atoms with E-state index in [9.17, 15) is 9.59 Å². The van der Waals surface area contributed by atoms with Crippen LogP contribution in [0.1, 0.15) is 12.5 Å². The molecule has 19 heavy (non-hydrogen) atoms. The Morgan fingerprint density at radius 1 is 1.47 bits per heavy atom. The van der Waals surface area contributed by atoms with Gasteiger partial charge in [0.25, 0.3) is 0 Å². The molecule has 2 N–H and O–H groups in total. The number of hydrogen-bond acceptors (Lipinski definition) is 5. The summed E-state index contributed by atoms with van der Waals surface area (Å²) in [5.41, 5.74) is 6.40. The van der Waals surface area contributed by atoms with Gasteiger partial charge in [0.05, 0.1) is 6.54 Å². The zero-order valence-electron chi connectivity index (χ0n) is 10.7. The van der Waals surface area contributed by atoms with Gasteiger partial charge in [-0.1, -0.05) is 35.0 Å². The molecular weight excluding hydrogens is 246 g/mol. The van der Waals surface area contributed by atoms with Crippen LogP contribution in [0.15, 0.2) is 35.6 Å². The summed E-state index contributed by atoms with van der Waals surface area (Å²) in [7, 11) is 0. The molecule has 0 bridgehead atoms. The molecule has 2 rings (SSSR count). The fraction of sp³-hybridized carbons (Fsp3) is 0.385. The minimum absolute atomic E-state index is 0.130. The highest BCUT2D eigenvalue weighted by Gasteiger charge is 2.47. The number of nitrogens with two attached hydrogens (primary N) is 1. The first-order valence-electron chi connectivity index (χ1n) is 6.10. The van der Waals surface area contributed by atoms with Crippen LogP contribution in [0, 0.1) is 0 Å². The summed E-state index contributed by atoms with van der Waals surface area (Å²) in [6.07, 6.45) is 0.662. The van der Waals surface area contributed by atoms with Gasteiger partial charge in [0.1, 0.15) is 0 Å². The number of hydrogen-bond donors (Lipinski definition) is 1. The molecule has 0 fully saturated rings. The molecule has 0 amide bonds. The molecule has 1 aromatic rings. The van der Waals surface area contributed by atoms with Crippen LogP contribution in [0.4, 0.5) is 0 Å². The van der Waals surface area contributed by atoms with E-state index in [1.165, 1.54) is 4.70 Å². The van der Waals surface area contributed by atoms with Crippen LogP contribution < -0.4 is 5.73 Å². The summed E-state index contributed by atoms with van der Waals surface area (Å²) in [5.74, 6) is -1.04. The molecule has 100 valence electrons. The van der Waals surface area contributed by atoms with Gasteiger partial charge in [-0.3, -0.25) is 9.63 Å². The number of nitrogens with zero attached hydrogens (tertiary/aromatic N) is 2. The van der Waals surface area contributed by atoms with Gasteiger partial charge >= 0.3 is 12.0 Å². The van der Waals surface area contributed by atoms with E-state index in [1.807, 2.05) is 37.3 Å². The second-order valence-electron chi connectivity index (χ2n) is 4.48. The summed E-state index contributed by atoms with van der Waals surface area (Å²) >= 11 is 0. The number of benzene rings is 1. The molecule has 0 aromatic heterocycles. The molecular formula is C13H16N3O3+. The number of rotatable bonds is 5. The van der Waals surface area contributed by atoms with Crippen molar-refractivity contribution in [3.05, 3.63) is 35.9 Å². The van der Waals surface area contributed by atoms with Crippen molar-refractivity contribution in [1.82, 2.24) is 0 Å². The van der Waals surface area contributed by atoms with E-state index in [-0.39, 0.29) is 18.4 Å². The van der Waals surface area contributed by atoms with Crippen molar-refractivity contribution in [2.75, 3.05) is 6.54 Å². The standard InChI is InChI=1S/C13H16N3O3/c1-9(7-10-5-3-2-4-6-10)16-12(11(17)8-14)13(18)19-15-16/h2-6,9,12H,7-8,14H2,1H3/q+1. The van der Waals surface area contributed by atoms with E-state index < -0.39 is 12.0 Å². The minimum atomic E-state index is -1.01. The monoisotopic (exact) mass is 262 g/mol. The van der Waals surface area contributed by atoms with E-state index in [0.717, 1.165) is 5.56 Å². The maximum absolute atomic E-state index is 11.7. The lowest BCUT2D eigenvalue weighted by molar-refractivity contribution is -0.635. The third kappa shape index (κ3) is 2.85. The molecule has 1 aromatic carbocycles. The highest BCUT2D eigenvalue weighted by atomic mass is 16.7. The fourth-order valence-corrected chi connectivity index (χ4v) is 2.07. The molecule has 2 atom stereocenters. The zero-order chi connectivity index (χ0) is 13.8. The van der Waals surface area contributed by atoms with Crippen LogP contribution in [-0.2, 0) is 20.8 Å². The quantitative estimate of drug-likeness (QED) is 0.616. The summed E-state index contributed by atoms with van der Waals surface area (Å²) in [6.45, 7) is 1.68. The first-order valence-corrected chi connectivity index (χ1v) is 6.10. The maximum atomic E-state index is 11.7. The van der Waals surface area contributed by atoms with Gasteiger partial charge in [0.2, 0.25) is 5.78 Å². The largest absolute Gasteiger partial charge is 0.418 e. The Labute approximate surface area is 110 Å². The molecule has 0 saturated heterocycles. The molecule has 0 saturated carbocycles. The number of carbonyl (C=O) groups is 2. The van der Waals surface area contributed by atoms with E-state index >= 15 is 0 Å². The highest BCUT2D eigenvalue weighted by molar-refractivity contribution is 6.02. The lowest BCUT2D eigenvalue weighted by atomic mass is 10.1. The topological polar surface area (TPSA) is 84.8 Å². The first kappa shape index (κ1) is 13.4. The SMILES string of the molecule is CC(Cc1ccccc1)[N+]1=NOC(=O)C1C(=O)CN. The molecule has 0 aliphatic carbocycles. The van der Waals surface area contributed by atoms with Gasteiger partial charge in [0.15, 0.2) is 11.3 Å². The van der Waals surface area contributed by atoms with Gasteiger partial charge < -0.3 is 5.73 Å². The van der Waals surface area contributed by atoms with Crippen LogP contribution in [0.3, 0.4) is 0 Å². The highest BCUT2D eigenvalue weighted by Crippen LogP contribution is 2.14. The van der Waals surface area contributed by atoms with Crippen LogP contribution in [0.2, 0.25) is 0 Å². The van der Waals surface area contributed by atoms with E-state index in [4.69, 9.17) is 5.73 Å². The number of ketones is 1. The van der Waals surface area contributed by atoms with Crippen molar-refractivity contribution in [2.45, 2.75) is 25.4 Å². The smallest absolute Gasteiger partial charge is 0.324 e. The number of Topliss-reactive ketones (excluding diaryl/α,β-unsaturated/α-hetero) is 1. The molecule has 6 heteroatoms. The van der Waals surface area contributed by atoms with E-state index in [2.05, 4.69) is 10.1 Å². The molecule has 6 nitrogen and oxygen atoms in total. The molecule has 0 spiro atoms.